The minimum absolute atomic E-state index is 0.228. The number of rotatable bonds is 6. The van der Waals surface area contributed by atoms with Crippen LogP contribution in [0.1, 0.15) is 17.1 Å². The van der Waals surface area contributed by atoms with Gasteiger partial charge in [-0.1, -0.05) is 24.8 Å². The zero-order valence-electron chi connectivity index (χ0n) is 17.4. The zero-order valence-corrected chi connectivity index (χ0v) is 17.4. The summed E-state index contributed by atoms with van der Waals surface area (Å²) in [5.74, 6) is 0.237. The SMILES string of the molecule is C=Cc1cccc(NCc2nc(-c3ccc4ncnn4c3)c(-c3nc(C)ccc3F)[nH]2)c1. The molecule has 0 saturated heterocycles. The Balaban J connectivity index is 1.56. The molecule has 0 unspecified atom stereocenters. The van der Waals surface area contributed by atoms with Crippen LogP contribution in [0, 0.1) is 12.7 Å². The number of aromatic amines is 1. The van der Waals surface area contributed by atoms with Crippen molar-refractivity contribution in [3.05, 3.63) is 90.5 Å². The van der Waals surface area contributed by atoms with Crippen LogP contribution < -0.4 is 5.32 Å². The lowest BCUT2D eigenvalue weighted by atomic mass is 10.1. The summed E-state index contributed by atoms with van der Waals surface area (Å²) in [6.07, 6.45) is 5.10. The van der Waals surface area contributed by atoms with E-state index in [1.165, 1.54) is 12.4 Å². The molecular formula is C24H20FN7. The van der Waals surface area contributed by atoms with Crippen LogP contribution in [0.25, 0.3) is 34.4 Å². The van der Waals surface area contributed by atoms with E-state index in [-0.39, 0.29) is 5.69 Å². The third-order valence-electron chi connectivity index (χ3n) is 5.10. The van der Waals surface area contributed by atoms with E-state index in [0.717, 1.165) is 28.2 Å². The van der Waals surface area contributed by atoms with Crippen LogP contribution in [-0.4, -0.2) is 29.5 Å². The molecule has 0 aliphatic carbocycles. The second kappa shape index (κ2) is 8.07. The number of pyridine rings is 2. The van der Waals surface area contributed by atoms with Gasteiger partial charge in [0.25, 0.3) is 0 Å². The molecule has 158 valence electrons. The van der Waals surface area contributed by atoms with Crippen molar-refractivity contribution in [1.29, 1.82) is 0 Å². The van der Waals surface area contributed by atoms with Crippen LogP contribution in [0.2, 0.25) is 0 Å². The van der Waals surface area contributed by atoms with Crippen molar-refractivity contribution in [2.45, 2.75) is 13.5 Å². The molecule has 0 amide bonds. The van der Waals surface area contributed by atoms with Crippen LogP contribution >= 0.6 is 0 Å². The van der Waals surface area contributed by atoms with Gasteiger partial charge in [-0.15, -0.1) is 0 Å². The number of hydrogen-bond acceptors (Lipinski definition) is 5. The Kier molecular flexibility index (Phi) is 4.95. The third kappa shape index (κ3) is 3.74. The molecular weight excluding hydrogens is 405 g/mol. The molecule has 4 heterocycles. The third-order valence-corrected chi connectivity index (χ3v) is 5.10. The van der Waals surface area contributed by atoms with Crippen molar-refractivity contribution in [2.75, 3.05) is 5.32 Å². The lowest BCUT2D eigenvalue weighted by Gasteiger charge is -2.05. The number of fused-ring (bicyclic) bond motifs is 1. The van der Waals surface area contributed by atoms with E-state index in [1.807, 2.05) is 49.5 Å². The van der Waals surface area contributed by atoms with Gasteiger partial charge in [0.1, 0.15) is 17.8 Å². The summed E-state index contributed by atoms with van der Waals surface area (Å²) < 4.78 is 16.4. The van der Waals surface area contributed by atoms with Gasteiger partial charge in [-0.05, 0) is 48.9 Å². The summed E-state index contributed by atoms with van der Waals surface area (Å²) in [6, 6.07) is 14.7. The Morgan fingerprint density at radius 2 is 2.03 bits per heavy atom. The largest absolute Gasteiger partial charge is 0.378 e. The normalized spacial score (nSPS) is 11.1. The fraction of sp³-hybridized carbons (Fsp3) is 0.0833. The van der Waals surface area contributed by atoms with E-state index in [0.29, 0.717) is 23.8 Å². The summed E-state index contributed by atoms with van der Waals surface area (Å²) in [7, 11) is 0. The molecule has 0 aliphatic heterocycles. The standard InChI is InChI=1S/C24H20FN7/c1-3-16-5-4-6-18(11-16)26-12-20-30-22(17-8-10-21-27-14-28-32(21)13-17)24(31-20)23-19(25)9-7-15(2)29-23/h3-11,13-14,26H,1,12H2,2H3,(H,30,31). The van der Waals surface area contributed by atoms with Gasteiger partial charge < -0.3 is 10.3 Å². The number of nitrogens with one attached hydrogen (secondary N) is 2. The molecule has 0 aliphatic rings. The monoisotopic (exact) mass is 425 g/mol. The van der Waals surface area contributed by atoms with Gasteiger partial charge in [0.15, 0.2) is 11.5 Å². The number of halogens is 1. The first-order valence-corrected chi connectivity index (χ1v) is 10.1. The quantitative estimate of drug-likeness (QED) is 0.405. The van der Waals surface area contributed by atoms with E-state index >= 15 is 0 Å². The minimum atomic E-state index is -0.416. The molecule has 0 fully saturated rings. The van der Waals surface area contributed by atoms with Gasteiger partial charge in [0, 0.05) is 23.1 Å². The lowest BCUT2D eigenvalue weighted by Crippen LogP contribution is -2.01. The number of nitrogens with zero attached hydrogens (tertiary/aromatic N) is 5. The second-order valence-electron chi connectivity index (χ2n) is 7.35. The molecule has 0 radical (unpaired) electrons. The molecule has 7 nitrogen and oxygen atoms in total. The van der Waals surface area contributed by atoms with Crippen molar-refractivity contribution >= 4 is 17.4 Å². The summed E-state index contributed by atoms with van der Waals surface area (Å²) in [4.78, 5) is 16.6. The van der Waals surface area contributed by atoms with Gasteiger partial charge in [-0.2, -0.15) is 5.10 Å². The van der Waals surface area contributed by atoms with Gasteiger partial charge >= 0.3 is 0 Å². The Bertz CT molecular complexity index is 1430. The van der Waals surface area contributed by atoms with Gasteiger partial charge in [0.2, 0.25) is 0 Å². The average molecular weight is 425 g/mol. The molecule has 8 heteroatoms. The number of aromatic nitrogens is 6. The smallest absolute Gasteiger partial charge is 0.155 e. The van der Waals surface area contributed by atoms with E-state index in [4.69, 9.17) is 4.98 Å². The van der Waals surface area contributed by atoms with Crippen LogP contribution in [-0.2, 0) is 6.54 Å². The van der Waals surface area contributed by atoms with Crippen LogP contribution in [0.5, 0.6) is 0 Å². The molecule has 2 N–H and O–H groups in total. The molecule has 5 rings (SSSR count). The number of H-pyrrole nitrogens is 1. The van der Waals surface area contributed by atoms with Crippen LogP contribution in [0.15, 0.2) is 67.6 Å². The summed E-state index contributed by atoms with van der Waals surface area (Å²) in [5.41, 5.74) is 5.50. The number of anilines is 1. The maximum atomic E-state index is 14.7. The number of aryl methyl sites for hydroxylation is 1. The highest BCUT2D eigenvalue weighted by atomic mass is 19.1. The fourth-order valence-corrected chi connectivity index (χ4v) is 3.52. The van der Waals surface area contributed by atoms with Crippen LogP contribution in [0.4, 0.5) is 10.1 Å². The highest BCUT2D eigenvalue weighted by Crippen LogP contribution is 2.31. The van der Waals surface area contributed by atoms with Gasteiger partial charge in [-0.3, -0.25) is 0 Å². The Hall–Kier alpha value is -4.33. The first kappa shape index (κ1) is 19.6. The molecule has 32 heavy (non-hydrogen) atoms. The zero-order chi connectivity index (χ0) is 22.1. The highest BCUT2D eigenvalue weighted by Gasteiger charge is 2.19. The van der Waals surface area contributed by atoms with Crippen LogP contribution in [0.3, 0.4) is 0 Å². The Labute approximate surface area is 183 Å². The second-order valence-corrected chi connectivity index (χ2v) is 7.35. The van der Waals surface area contributed by atoms with Crippen molar-refractivity contribution < 1.29 is 4.39 Å². The first-order valence-electron chi connectivity index (χ1n) is 10.1. The van der Waals surface area contributed by atoms with Gasteiger partial charge in [-0.25, -0.2) is 23.9 Å². The molecule has 0 spiro atoms. The van der Waals surface area contributed by atoms with E-state index < -0.39 is 5.82 Å². The predicted octanol–water partition coefficient (Wildman–Crippen LogP) is 4.88. The number of benzene rings is 1. The Morgan fingerprint density at radius 1 is 1.12 bits per heavy atom. The molecule has 0 bridgehead atoms. The fourth-order valence-electron chi connectivity index (χ4n) is 3.52. The predicted molar refractivity (Wildman–Crippen MR) is 122 cm³/mol. The summed E-state index contributed by atoms with van der Waals surface area (Å²) >= 11 is 0. The van der Waals surface area contributed by atoms with E-state index in [2.05, 4.69) is 31.9 Å². The van der Waals surface area contributed by atoms with E-state index in [1.54, 1.807) is 16.7 Å². The topological polar surface area (TPSA) is 83.8 Å². The van der Waals surface area contributed by atoms with E-state index in [9.17, 15) is 4.39 Å². The maximum absolute atomic E-state index is 14.7. The first-order chi connectivity index (χ1) is 15.6. The minimum Gasteiger partial charge on any atom is -0.378 e. The average Bonchev–Trinajstić information content (AvgIpc) is 3.46. The lowest BCUT2D eigenvalue weighted by molar-refractivity contribution is 0.624. The number of hydrogen-bond donors (Lipinski definition) is 2. The highest BCUT2D eigenvalue weighted by molar-refractivity contribution is 5.77. The molecule has 0 atom stereocenters. The van der Waals surface area contributed by atoms with Crippen molar-refractivity contribution in [3.63, 3.8) is 0 Å². The molecule has 0 saturated carbocycles. The van der Waals surface area contributed by atoms with Gasteiger partial charge in [0.05, 0.1) is 17.9 Å². The summed E-state index contributed by atoms with van der Waals surface area (Å²) in [6.45, 7) is 6.06. The summed E-state index contributed by atoms with van der Waals surface area (Å²) in [5, 5.41) is 7.54. The van der Waals surface area contributed by atoms with Crippen molar-refractivity contribution in [2.24, 2.45) is 0 Å². The van der Waals surface area contributed by atoms with Crippen molar-refractivity contribution in [1.82, 2.24) is 29.5 Å². The molecule has 5 aromatic rings. The number of imidazole rings is 1. The van der Waals surface area contributed by atoms with Crippen molar-refractivity contribution in [3.8, 4) is 22.6 Å². The maximum Gasteiger partial charge on any atom is 0.155 e. The molecule has 1 aromatic carbocycles. The Morgan fingerprint density at radius 3 is 2.91 bits per heavy atom. The molecule has 4 aromatic heterocycles.